The maximum absolute atomic E-state index is 12.3. The molecule has 1 aliphatic carbocycles. The van der Waals surface area contributed by atoms with Gasteiger partial charge < -0.3 is 10.6 Å². The van der Waals surface area contributed by atoms with Crippen molar-refractivity contribution >= 4 is 11.6 Å². The van der Waals surface area contributed by atoms with E-state index in [1.807, 2.05) is 30.3 Å². The van der Waals surface area contributed by atoms with Gasteiger partial charge in [-0.25, -0.2) is 0 Å². The first-order chi connectivity index (χ1) is 12.8. The Hall–Kier alpha value is -2.62. The Morgan fingerprint density at radius 2 is 1.92 bits per heavy atom. The van der Waals surface area contributed by atoms with Gasteiger partial charge in [-0.05, 0) is 56.2 Å². The van der Waals surface area contributed by atoms with Gasteiger partial charge in [0.25, 0.3) is 5.91 Å². The molecule has 1 aromatic heterocycles. The van der Waals surface area contributed by atoms with Crippen LogP contribution < -0.4 is 10.6 Å². The van der Waals surface area contributed by atoms with E-state index in [1.165, 1.54) is 31.2 Å². The van der Waals surface area contributed by atoms with Crippen LogP contribution in [0.1, 0.15) is 48.2 Å². The molecule has 4 heteroatoms. The van der Waals surface area contributed by atoms with E-state index in [0.29, 0.717) is 12.2 Å². The zero-order chi connectivity index (χ0) is 18.0. The Balaban J connectivity index is 1.45. The topological polar surface area (TPSA) is 54.0 Å². The second kappa shape index (κ2) is 9.76. The number of aromatic nitrogens is 1. The van der Waals surface area contributed by atoms with E-state index in [2.05, 4.69) is 33.8 Å². The number of anilines is 1. The molecule has 1 aromatic carbocycles. The SMILES string of the molecule is O=C(NCCc1ccccc1)c1cc(NCCC2=CCCCC2)ccn1. The molecule has 2 N–H and O–H groups in total. The van der Waals surface area contributed by atoms with Crippen LogP contribution in [0, 0.1) is 0 Å². The van der Waals surface area contributed by atoms with Crippen molar-refractivity contribution in [1.82, 2.24) is 10.3 Å². The third-order valence-electron chi connectivity index (χ3n) is 4.69. The quantitative estimate of drug-likeness (QED) is 0.696. The van der Waals surface area contributed by atoms with E-state index in [1.54, 1.807) is 11.8 Å². The first-order valence-corrected chi connectivity index (χ1v) is 9.51. The molecule has 0 unspecified atom stereocenters. The third kappa shape index (κ3) is 5.73. The highest BCUT2D eigenvalue weighted by Crippen LogP contribution is 2.20. The van der Waals surface area contributed by atoms with Gasteiger partial charge in [-0.15, -0.1) is 0 Å². The summed E-state index contributed by atoms with van der Waals surface area (Å²) in [5, 5.41) is 6.35. The van der Waals surface area contributed by atoms with E-state index in [-0.39, 0.29) is 5.91 Å². The predicted molar refractivity (Wildman–Crippen MR) is 106 cm³/mol. The standard InChI is InChI=1S/C22H27N3O/c26-22(25-15-12-19-9-5-2-6-10-19)21-17-20(13-16-24-21)23-14-11-18-7-3-1-4-8-18/h2,5-7,9-10,13,16-17H,1,3-4,8,11-12,14-15H2,(H,23,24)(H,25,26). The van der Waals surface area contributed by atoms with Crippen LogP contribution in [-0.2, 0) is 6.42 Å². The Labute approximate surface area is 155 Å². The second-order valence-electron chi connectivity index (χ2n) is 6.71. The van der Waals surface area contributed by atoms with Gasteiger partial charge in [0.05, 0.1) is 0 Å². The fourth-order valence-electron chi connectivity index (χ4n) is 3.22. The molecular formula is C22H27N3O. The molecule has 0 fully saturated rings. The van der Waals surface area contributed by atoms with Gasteiger partial charge in [0, 0.05) is 25.0 Å². The van der Waals surface area contributed by atoms with Crippen LogP contribution in [0.15, 0.2) is 60.3 Å². The summed E-state index contributed by atoms with van der Waals surface area (Å²) >= 11 is 0. The Morgan fingerprint density at radius 3 is 2.73 bits per heavy atom. The number of nitrogens with zero attached hydrogens (tertiary/aromatic N) is 1. The molecule has 0 atom stereocenters. The van der Waals surface area contributed by atoms with Gasteiger partial charge in [0.2, 0.25) is 0 Å². The Kier molecular flexibility index (Phi) is 6.82. The van der Waals surface area contributed by atoms with E-state index in [0.717, 1.165) is 25.1 Å². The van der Waals surface area contributed by atoms with E-state index in [9.17, 15) is 4.79 Å². The molecule has 0 spiro atoms. The average Bonchev–Trinajstić information content (AvgIpc) is 2.70. The molecule has 3 rings (SSSR count). The number of amides is 1. The lowest BCUT2D eigenvalue weighted by molar-refractivity contribution is 0.0949. The summed E-state index contributed by atoms with van der Waals surface area (Å²) in [6, 6.07) is 13.9. The number of carbonyl (C=O) groups is 1. The highest BCUT2D eigenvalue weighted by molar-refractivity contribution is 5.93. The van der Waals surface area contributed by atoms with Crippen LogP contribution in [-0.4, -0.2) is 24.0 Å². The van der Waals surface area contributed by atoms with Crippen LogP contribution >= 0.6 is 0 Å². The minimum Gasteiger partial charge on any atom is -0.385 e. The van der Waals surface area contributed by atoms with Crippen molar-refractivity contribution in [1.29, 1.82) is 0 Å². The molecule has 2 aromatic rings. The van der Waals surface area contributed by atoms with Gasteiger partial charge in [-0.3, -0.25) is 9.78 Å². The monoisotopic (exact) mass is 349 g/mol. The van der Waals surface area contributed by atoms with Crippen molar-refractivity contribution in [2.24, 2.45) is 0 Å². The first kappa shape index (κ1) is 18.2. The fraction of sp³-hybridized carbons (Fsp3) is 0.364. The number of pyridine rings is 1. The summed E-state index contributed by atoms with van der Waals surface area (Å²) in [5.41, 5.74) is 4.18. The third-order valence-corrected chi connectivity index (χ3v) is 4.69. The number of nitrogens with one attached hydrogen (secondary N) is 2. The Morgan fingerprint density at radius 1 is 1.04 bits per heavy atom. The van der Waals surface area contributed by atoms with E-state index in [4.69, 9.17) is 0 Å². The van der Waals surface area contributed by atoms with Gasteiger partial charge in [0.1, 0.15) is 5.69 Å². The lowest BCUT2D eigenvalue weighted by atomic mass is 9.97. The van der Waals surface area contributed by atoms with Crippen LogP contribution in [0.5, 0.6) is 0 Å². The van der Waals surface area contributed by atoms with Gasteiger partial charge in [-0.1, -0.05) is 42.0 Å². The van der Waals surface area contributed by atoms with Gasteiger partial charge >= 0.3 is 0 Å². The summed E-state index contributed by atoms with van der Waals surface area (Å²) in [6.45, 7) is 1.50. The van der Waals surface area contributed by atoms with Gasteiger partial charge in [0.15, 0.2) is 0 Å². The second-order valence-corrected chi connectivity index (χ2v) is 6.71. The number of hydrogen-bond donors (Lipinski definition) is 2. The molecule has 1 amide bonds. The molecule has 0 saturated heterocycles. The number of rotatable bonds is 8. The average molecular weight is 349 g/mol. The normalized spacial score (nSPS) is 13.8. The van der Waals surface area contributed by atoms with E-state index < -0.39 is 0 Å². The van der Waals surface area contributed by atoms with Crippen LogP contribution in [0.25, 0.3) is 0 Å². The summed E-state index contributed by atoms with van der Waals surface area (Å²) in [6.07, 6.45) is 11.0. The number of carbonyl (C=O) groups excluding carboxylic acids is 1. The maximum Gasteiger partial charge on any atom is 0.269 e. The van der Waals surface area contributed by atoms with Crippen molar-refractivity contribution in [3.05, 3.63) is 71.6 Å². The highest BCUT2D eigenvalue weighted by Gasteiger charge is 2.08. The molecule has 1 heterocycles. The molecular weight excluding hydrogens is 322 g/mol. The van der Waals surface area contributed by atoms with Crippen LogP contribution in [0.4, 0.5) is 5.69 Å². The minimum atomic E-state index is -0.125. The number of allylic oxidation sites excluding steroid dienone is 1. The van der Waals surface area contributed by atoms with Crippen molar-refractivity contribution in [2.75, 3.05) is 18.4 Å². The minimum absolute atomic E-state index is 0.125. The largest absolute Gasteiger partial charge is 0.385 e. The fourth-order valence-corrected chi connectivity index (χ4v) is 3.22. The molecule has 136 valence electrons. The maximum atomic E-state index is 12.3. The summed E-state index contributed by atoms with van der Waals surface area (Å²) < 4.78 is 0. The summed E-state index contributed by atoms with van der Waals surface area (Å²) in [5.74, 6) is -0.125. The molecule has 0 saturated carbocycles. The number of benzene rings is 1. The summed E-state index contributed by atoms with van der Waals surface area (Å²) in [4.78, 5) is 16.5. The molecule has 1 aliphatic rings. The zero-order valence-electron chi connectivity index (χ0n) is 15.2. The molecule has 26 heavy (non-hydrogen) atoms. The molecule has 0 aliphatic heterocycles. The highest BCUT2D eigenvalue weighted by atomic mass is 16.1. The van der Waals surface area contributed by atoms with Crippen molar-refractivity contribution in [2.45, 2.75) is 38.5 Å². The first-order valence-electron chi connectivity index (χ1n) is 9.51. The van der Waals surface area contributed by atoms with Crippen LogP contribution in [0.3, 0.4) is 0 Å². The predicted octanol–water partition coefficient (Wildman–Crippen LogP) is 4.36. The van der Waals surface area contributed by atoms with Gasteiger partial charge in [-0.2, -0.15) is 0 Å². The molecule has 4 nitrogen and oxygen atoms in total. The smallest absolute Gasteiger partial charge is 0.269 e. The van der Waals surface area contributed by atoms with Crippen LogP contribution in [0.2, 0.25) is 0 Å². The lowest BCUT2D eigenvalue weighted by Gasteiger charge is -2.13. The molecule has 0 radical (unpaired) electrons. The summed E-state index contributed by atoms with van der Waals surface area (Å²) in [7, 11) is 0. The lowest BCUT2D eigenvalue weighted by Crippen LogP contribution is -2.26. The zero-order valence-corrected chi connectivity index (χ0v) is 15.2. The van der Waals surface area contributed by atoms with Crippen molar-refractivity contribution in [3.8, 4) is 0 Å². The molecule has 0 bridgehead atoms. The van der Waals surface area contributed by atoms with Crippen molar-refractivity contribution < 1.29 is 4.79 Å². The van der Waals surface area contributed by atoms with Crippen molar-refractivity contribution in [3.63, 3.8) is 0 Å². The Bertz CT molecular complexity index is 740. The number of hydrogen-bond acceptors (Lipinski definition) is 3. The van der Waals surface area contributed by atoms with E-state index >= 15 is 0 Å².